The summed E-state index contributed by atoms with van der Waals surface area (Å²) in [5.41, 5.74) is 7.77. The van der Waals surface area contributed by atoms with E-state index >= 15 is 0 Å². The van der Waals surface area contributed by atoms with Crippen LogP contribution in [0, 0.1) is 0 Å². The largest absolute Gasteiger partial charge is 0.294 e. The van der Waals surface area contributed by atoms with Crippen molar-refractivity contribution in [2.24, 2.45) is 0 Å². The van der Waals surface area contributed by atoms with Crippen molar-refractivity contribution in [3.63, 3.8) is 0 Å². The van der Waals surface area contributed by atoms with Crippen molar-refractivity contribution in [3.05, 3.63) is 303 Å². The number of benzene rings is 11. The zero-order valence-electron chi connectivity index (χ0n) is 42.9. The predicted molar refractivity (Wildman–Crippen MR) is 325 cm³/mol. The average molecular weight is 1050 g/mol. The van der Waals surface area contributed by atoms with Crippen LogP contribution in [0.15, 0.2) is 342 Å². The molecule has 4 heterocycles. The van der Waals surface area contributed by atoms with Crippen LogP contribution in [0.25, 0.3) is 72.7 Å². The van der Waals surface area contributed by atoms with Gasteiger partial charge >= 0.3 is 0 Å². The summed E-state index contributed by atoms with van der Waals surface area (Å²) in [5.74, 6) is 2.01. The zero-order chi connectivity index (χ0) is 52.3. The molecule has 0 N–H and O–H groups in total. The van der Waals surface area contributed by atoms with Crippen LogP contribution in [-0.4, -0.2) is 28.5 Å². The lowest BCUT2D eigenvalue weighted by Gasteiger charge is -2.42. The fourth-order valence-corrected chi connectivity index (χ4v) is 19.8. The van der Waals surface area contributed by atoms with E-state index < -0.39 is 20.1 Å². The van der Waals surface area contributed by atoms with Gasteiger partial charge in [0.25, 0.3) is 0 Å². The quantitative estimate of drug-likeness (QED) is 0.130. The topological polar surface area (TPSA) is 52.9 Å². The average Bonchev–Trinajstić information content (AvgIpc) is 4.42. The van der Waals surface area contributed by atoms with Gasteiger partial charge in [-0.15, -0.1) is 20.1 Å². The van der Waals surface area contributed by atoms with E-state index in [1.54, 1.807) is 0 Å². The molecule has 0 aliphatic carbocycles. The monoisotopic (exact) mass is 1050 g/mol. The molecule has 4 aromatic heterocycles. The van der Waals surface area contributed by atoms with Crippen molar-refractivity contribution in [1.82, 2.24) is 28.5 Å². The molecule has 6 nitrogen and oxygen atoms in total. The Morgan fingerprint density at radius 1 is 0.266 bits per heavy atom. The summed E-state index contributed by atoms with van der Waals surface area (Å²) in [7, 11) is -4.07. The number of nitrogens with zero attached hydrogens (tertiary/aromatic N) is 6. The van der Waals surface area contributed by atoms with E-state index in [-0.39, 0.29) is 0 Å². The number of fused-ring (bicyclic) bond motifs is 8. The highest BCUT2D eigenvalue weighted by molar-refractivity contribution is 8.34. The maximum absolute atomic E-state index is 5.77. The molecule has 79 heavy (non-hydrogen) atoms. The van der Waals surface area contributed by atoms with Gasteiger partial charge in [0.2, 0.25) is 11.7 Å². The molecule has 376 valence electrons. The minimum atomic E-state index is -2.04. The number of para-hydroxylation sites is 5. The normalized spacial score (nSPS) is 12.5. The van der Waals surface area contributed by atoms with Gasteiger partial charge in [-0.25, -0.2) is 14.5 Å². The maximum Gasteiger partial charge on any atom is 0.239 e. The van der Waals surface area contributed by atoms with E-state index in [4.69, 9.17) is 15.0 Å². The minimum absolute atomic E-state index is 0.520. The molecule has 0 fully saturated rings. The number of hydrogen-bond donors (Lipinski definition) is 0. The van der Waals surface area contributed by atoms with Crippen LogP contribution in [0.1, 0.15) is 0 Å². The Morgan fingerprint density at radius 3 is 1.24 bits per heavy atom. The highest BCUT2D eigenvalue weighted by atomic mass is 32.3. The van der Waals surface area contributed by atoms with E-state index in [0.29, 0.717) is 5.95 Å². The summed E-state index contributed by atoms with van der Waals surface area (Å²) in [6.45, 7) is 0. The van der Waals surface area contributed by atoms with Gasteiger partial charge in [0.1, 0.15) is 5.82 Å². The van der Waals surface area contributed by atoms with E-state index in [2.05, 4.69) is 311 Å². The molecule has 15 aromatic rings. The number of hydrogen-bond acceptors (Lipinski definition) is 3. The van der Waals surface area contributed by atoms with Crippen molar-refractivity contribution in [1.29, 1.82) is 0 Å². The van der Waals surface area contributed by atoms with Crippen LogP contribution in [0.4, 0.5) is 0 Å². The van der Waals surface area contributed by atoms with Crippen LogP contribution >= 0.6 is 20.1 Å². The van der Waals surface area contributed by atoms with Crippen LogP contribution in [0.3, 0.4) is 0 Å². The lowest BCUT2D eigenvalue weighted by molar-refractivity contribution is 0.936. The van der Waals surface area contributed by atoms with Crippen molar-refractivity contribution < 1.29 is 0 Å². The third-order valence-corrected chi connectivity index (χ3v) is 23.1. The second-order valence-electron chi connectivity index (χ2n) is 19.6. The molecule has 8 heteroatoms. The standard InChI is InChI=1S/C71H50N6S2/c1-7-27-52(28-8-1)78(53-29-9-2-10-30-53,54-31-11-3-12-32-54)58-39-25-26-51(48-58)63-50-69(74-70(72-63)77-67-45-24-23-44-66(67)76-65-43-22-20-41-62(65)73-71(76)77)75-64-42-21-19-40-60(64)61-47-46-59(49-68(61)75)79(55-33-13-4-14-34-55,56-35-15-5-16-36-56)57-37-17-6-18-38-57/h1-50H. The Morgan fingerprint density at radius 2 is 0.696 bits per heavy atom. The summed E-state index contributed by atoms with van der Waals surface area (Å²) in [5, 5.41) is 2.28. The summed E-state index contributed by atoms with van der Waals surface area (Å²) in [6.07, 6.45) is 0. The second kappa shape index (κ2) is 19.1. The molecule has 0 saturated carbocycles. The molecule has 0 amide bonds. The fraction of sp³-hybridized carbons (Fsp3) is 0. The number of aromatic nitrogens is 6. The van der Waals surface area contributed by atoms with E-state index in [0.717, 1.165) is 66.7 Å². The molecular formula is C71H50N6S2. The van der Waals surface area contributed by atoms with Gasteiger partial charge in [-0.2, -0.15) is 4.98 Å². The minimum Gasteiger partial charge on any atom is -0.294 e. The predicted octanol–water partition coefficient (Wildman–Crippen LogP) is 18.7. The Balaban J connectivity index is 1.04. The van der Waals surface area contributed by atoms with Crippen LogP contribution in [0.5, 0.6) is 0 Å². The lowest BCUT2D eigenvalue weighted by atomic mass is 10.1. The van der Waals surface area contributed by atoms with Gasteiger partial charge in [-0.05, 0) is 127 Å². The first-order valence-electron chi connectivity index (χ1n) is 26.6. The third kappa shape index (κ3) is 7.33. The van der Waals surface area contributed by atoms with Crippen LogP contribution < -0.4 is 0 Å². The molecule has 0 saturated heterocycles. The van der Waals surface area contributed by atoms with E-state index in [1.807, 2.05) is 6.07 Å². The number of rotatable bonds is 11. The van der Waals surface area contributed by atoms with Gasteiger partial charge in [0, 0.05) is 61.6 Å². The molecule has 0 aliphatic rings. The molecule has 0 bridgehead atoms. The molecular weight excluding hydrogens is 1000 g/mol. The van der Waals surface area contributed by atoms with Gasteiger partial charge in [-0.1, -0.05) is 170 Å². The van der Waals surface area contributed by atoms with Crippen LogP contribution in [0.2, 0.25) is 0 Å². The van der Waals surface area contributed by atoms with Gasteiger partial charge in [0.15, 0.2) is 0 Å². The Bertz CT molecular complexity index is 4520. The Kier molecular flexibility index (Phi) is 11.2. The van der Waals surface area contributed by atoms with Gasteiger partial charge in [0.05, 0.1) is 38.8 Å². The first kappa shape index (κ1) is 46.6. The van der Waals surface area contributed by atoms with Crippen LogP contribution in [-0.2, 0) is 0 Å². The van der Waals surface area contributed by atoms with Crippen molar-refractivity contribution in [3.8, 4) is 23.0 Å². The summed E-state index contributed by atoms with van der Waals surface area (Å²) in [4.78, 5) is 26.8. The van der Waals surface area contributed by atoms with E-state index in [9.17, 15) is 0 Å². The molecule has 0 radical (unpaired) electrons. The fourth-order valence-electron chi connectivity index (χ4n) is 11.9. The lowest BCUT2D eigenvalue weighted by Crippen LogP contribution is -2.09. The molecule has 0 unspecified atom stereocenters. The highest BCUT2D eigenvalue weighted by Crippen LogP contribution is 2.75. The molecule has 0 aliphatic heterocycles. The summed E-state index contributed by atoms with van der Waals surface area (Å²) < 4.78 is 6.76. The van der Waals surface area contributed by atoms with Crippen molar-refractivity contribution >= 4 is 69.7 Å². The smallest absolute Gasteiger partial charge is 0.239 e. The summed E-state index contributed by atoms with van der Waals surface area (Å²) in [6, 6.07) is 110. The van der Waals surface area contributed by atoms with Crippen molar-refractivity contribution in [2.45, 2.75) is 39.2 Å². The first-order valence-corrected chi connectivity index (χ1v) is 29.8. The van der Waals surface area contributed by atoms with Gasteiger partial charge in [-0.3, -0.25) is 8.97 Å². The summed E-state index contributed by atoms with van der Waals surface area (Å²) >= 11 is 0. The zero-order valence-corrected chi connectivity index (χ0v) is 44.5. The molecule has 15 rings (SSSR count). The Labute approximate surface area is 460 Å². The second-order valence-corrected chi connectivity index (χ2v) is 25.9. The number of imidazole rings is 2. The first-order chi connectivity index (χ1) is 39.2. The SMILES string of the molecule is c1ccc(S(c2ccccc2)(c2ccccc2)c2cccc(-c3cc(-n4c5ccccc5c5ccc(S(c6ccccc6)(c6ccccc6)c6ccccc6)cc54)nc(-n4c5ccccc5n5c6ccccc6nc45)n3)c2)cc1. The third-order valence-electron chi connectivity index (χ3n) is 15.3. The van der Waals surface area contributed by atoms with Crippen molar-refractivity contribution in [2.75, 3.05) is 0 Å². The molecule has 0 spiro atoms. The molecule has 11 aromatic carbocycles. The maximum atomic E-state index is 5.77. The van der Waals surface area contributed by atoms with Gasteiger partial charge < -0.3 is 0 Å². The van der Waals surface area contributed by atoms with E-state index in [1.165, 1.54) is 39.2 Å². The Hall–Kier alpha value is -9.73. The molecule has 0 atom stereocenters. The highest BCUT2D eigenvalue weighted by Gasteiger charge is 2.36.